The predicted molar refractivity (Wildman–Crippen MR) is 75.6 cm³/mol. The summed E-state index contributed by atoms with van der Waals surface area (Å²) in [6.45, 7) is 6.45. The Hall–Kier alpha value is -1.68. The number of aromatic nitrogens is 3. The van der Waals surface area contributed by atoms with Gasteiger partial charge in [0.2, 0.25) is 0 Å². The second-order valence-corrected chi connectivity index (χ2v) is 6.03. The van der Waals surface area contributed by atoms with E-state index in [-0.39, 0.29) is 0 Å². The number of rotatable bonds is 2. The van der Waals surface area contributed by atoms with Crippen molar-refractivity contribution in [3.8, 4) is 5.00 Å². The molecule has 0 unspecified atom stereocenters. The largest absolute Gasteiger partial charge is 0.274 e. The molecule has 0 aromatic carbocycles. The van der Waals surface area contributed by atoms with E-state index in [4.69, 9.17) is 0 Å². The Kier molecular flexibility index (Phi) is 2.67. The number of aryl methyl sites for hydroxylation is 1. The van der Waals surface area contributed by atoms with Crippen LogP contribution in [0.3, 0.4) is 0 Å². The summed E-state index contributed by atoms with van der Waals surface area (Å²) in [6.07, 6.45) is 3.80. The molecule has 0 radical (unpaired) electrons. The second-order valence-electron chi connectivity index (χ2n) is 4.76. The van der Waals surface area contributed by atoms with Gasteiger partial charge in [-0.15, -0.1) is 11.3 Å². The van der Waals surface area contributed by atoms with E-state index < -0.39 is 0 Å². The second kappa shape index (κ2) is 4.21. The molecule has 3 heterocycles. The monoisotopic (exact) mass is 257 g/mol. The molecule has 0 amide bonds. The third-order valence-electron chi connectivity index (χ3n) is 3.04. The Morgan fingerprint density at radius 2 is 2.06 bits per heavy atom. The number of thiophene rings is 1. The van der Waals surface area contributed by atoms with Crippen LogP contribution in [0, 0.1) is 6.92 Å². The molecule has 18 heavy (non-hydrogen) atoms. The summed E-state index contributed by atoms with van der Waals surface area (Å²) in [5, 5.41) is 1.17. The minimum atomic E-state index is 0.482. The van der Waals surface area contributed by atoms with Gasteiger partial charge in [0.25, 0.3) is 0 Å². The molecule has 0 N–H and O–H groups in total. The van der Waals surface area contributed by atoms with Crippen molar-refractivity contribution in [2.45, 2.75) is 26.7 Å². The summed E-state index contributed by atoms with van der Waals surface area (Å²) in [5.74, 6) is 0.482. The van der Waals surface area contributed by atoms with Crippen LogP contribution < -0.4 is 0 Å². The maximum absolute atomic E-state index is 4.56. The Morgan fingerprint density at radius 3 is 2.72 bits per heavy atom. The first-order chi connectivity index (χ1) is 8.65. The standard InChI is InChI=1S/C14H15N3S/c1-9(2)11-6-12-14(15-7-11)17(8-16-12)13-5-4-10(3)18-13/h4-9H,1-3H3. The molecule has 0 saturated heterocycles. The van der Waals surface area contributed by atoms with E-state index in [0.717, 1.165) is 11.2 Å². The van der Waals surface area contributed by atoms with Gasteiger partial charge in [0.05, 0.1) is 0 Å². The normalized spacial score (nSPS) is 11.6. The van der Waals surface area contributed by atoms with E-state index in [1.165, 1.54) is 15.4 Å². The van der Waals surface area contributed by atoms with Crippen molar-refractivity contribution in [2.75, 3.05) is 0 Å². The third-order valence-corrected chi connectivity index (χ3v) is 4.04. The molecule has 0 bridgehead atoms. The van der Waals surface area contributed by atoms with Crippen LogP contribution in [0.25, 0.3) is 16.2 Å². The van der Waals surface area contributed by atoms with Crippen LogP contribution >= 0.6 is 11.3 Å². The fourth-order valence-electron chi connectivity index (χ4n) is 1.94. The van der Waals surface area contributed by atoms with Gasteiger partial charge in [-0.1, -0.05) is 13.8 Å². The maximum atomic E-state index is 4.56. The molecule has 3 aromatic rings. The molecule has 0 fully saturated rings. The molecule has 4 heteroatoms. The molecule has 0 spiro atoms. The summed E-state index contributed by atoms with van der Waals surface area (Å²) < 4.78 is 2.05. The van der Waals surface area contributed by atoms with Gasteiger partial charge in [-0.2, -0.15) is 0 Å². The average Bonchev–Trinajstić information content (AvgIpc) is 2.93. The smallest absolute Gasteiger partial charge is 0.165 e. The fourth-order valence-corrected chi connectivity index (χ4v) is 2.78. The van der Waals surface area contributed by atoms with Gasteiger partial charge in [0, 0.05) is 11.1 Å². The van der Waals surface area contributed by atoms with Gasteiger partial charge in [-0.25, -0.2) is 9.97 Å². The minimum Gasteiger partial charge on any atom is -0.274 e. The number of hydrogen-bond donors (Lipinski definition) is 0. The lowest BCUT2D eigenvalue weighted by Gasteiger charge is -2.04. The lowest BCUT2D eigenvalue weighted by molar-refractivity contribution is 0.861. The summed E-state index contributed by atoms with van der Waals surface area (Å²) in [5.41, 5.74) is 3.13. The van der Waals surface area contributed by atoms with Crippen LogP contribution in [0.1, 0.15) is 30.2 Å². The lowest BCUT2D eigenvalue weighted by Crippen LogP contribution is -1.93. The third kappa shape index (κ3) is 1.82. The number of hydrogen-bond acceptors (Lipinski definition) is 3. The minimum absolute atomic E-state index is 0.482. The summed E-state index contributed by atoms with van der Waals surface area (Å²) in [4.78, 5) is 10.3. The SMILES string of the molecule is Cc1ccc(-n2cnc3cc(C(C)C)cnc32)s1. The van der Waals surface area contributed by atoms with Crippen molar-refractivity contribution in [3.05, 3.63) is 41.2 Å². The molecule has 3 nitrogen and oxygen atoms in total. The number of nitrogens with zero attached hydrogens (tertiary/aromatic N) is 3. The van der Waals surface area contributed by atoms with Crippen molar-refractivity contribution < 1.29 is 0 Å². The topological polar surface area (TPSA) is 30.7 Å². The highest BCUT2D eigenvalue weighted by Crippen LogP contribution is 2.24. The molecule has 92 valence electrons. The molecule has 0 aliphatic carbocycles. The molecule has 3 rings (SSSR count). The zero-order valence-corrected chi connectivity index (χ0v) is 11.5. The van der Waals surface area contributed by atoms with E-state index in [2.05, 4.69) is 53.5 Å². The van der Waals surface area contributed by atoms with Crippen LogP contribution in [0.5, 0.6) is 0 Å². The Labute approximate surface area is 110 Å². The van der Waals surface area contributed by atoms with E-state index in [1.54, 1.807) is 11.3 Å². The molecular weight excluding hydrogens is 242 g/mol. The van der Waals surface area contributed by atoms with Gasteiger partial charge in [0.15, 0.2) is 5.65 Å². The summed E-state index contributed by atoms with van der Waals surface area (Å²) in [7, 11) is 0. The van der Waals surface area contributed by atoms with E-state index >= 15 is 0 Å². The van der Waals surface area contributed by atoms with E-state index in [1.807, 2.05) is 12.5 Å². The van der Waals surface area contributed by atoms with Gasteiger partial charge < -0.3 is 0 Å². The molecule has 0 saturated carbocycles. The average molecular weight is 257 g/mol. The van der Waals surface area contributed by atoms with Crippen LogP contribution in [0.4, 0.5) is 0 Å². The molecule has 3 aromatic heterocycles. The van der Waals surface area contributed by atoms with Crippen LogP contribution in [0.2, 0.25) is 0 Å². The van der Waals surface area contributed by atoms with Crippen LogP contribution in [-0.2, 0) is 0 Å². The first kappa shape index (κ1) is 11.4. The first-order valence-corrected chi connectivity index (χ1v) is 6.86. The quantitative estimate of drug-likeness (QED) is 0.696. The van der Waals surface area contributed by atoms with Crippen molar-refractivity contribution in [2.24, 2.45) is 0 Å². The number of fused-ring (bicyclic) bond motifs is 1. The van der Waals surface area contributed by atoms with Crippen molar-refractivity contribution >= 4 is 22.5 Å². The lowest BCUT2D eigenvalue weighted by atomic mass is 10.1. The highest BCUT2D eigenvalue weighted by atomic mass is 32.1. The molecular formula is C14H15N3S. The van der Waals surface area contributed by atoms with Gasteiger partial charge in [-0.05, 0) is 36.6 Å². The Morgan fingerprint density at radius 1 is 1.22 bits per heavy atom. The number of pyridine rings is 1. The fraction of sp³-hybridized carbons (Fsp3) is 0.286. The molecule has 0 aliphatic heterocycles. The Balaban J connectivity index is 2.15. The molecule has 0 atom stereocenters. The zero-order valence-electron chi connectivity index (χ0n) is 10.7. The van der Waals surface area contributed by atoms with Crippen LogP contribution in [-0.4, -0.2) is 14.5 Å². The highest BCUT2D eigenvalue weighted by Gasteiger charge is 2.09. The van der Waals surface area contributed by atoms with Crippen molar-refractivity contribution in [1.82, 2.24) is 14.5 Å². The van der Waals surface area contributed by atoms with E-state index in [9.17, 15) is 0 Å². The van der Waals surface area contributed by atoms with Gasteiger partial charge in [-0.3, -0.25) is 4.57 Å². The van der Waals surface area contributed by atoms with Crippen molar-refractivity contribution in [1.29, 1.82) is 0 Å². The first-order valence-electron chi connectivity index (χ1n) is 6.05. The number of imidazole rings is 1. The molecule has 0 aliphatic rings. The maximum Gasteiger partial charge on any atom is 0.165 e. The highest BCUT2D eigenvalue weighted by molar-refractivity contribution is 7.14. The van der Waals surface area contributed by atoms with Gasteiger partial charge >= 0.3 is 0 Å². The Bertz CT molecular complexity index is 694. The van der Waals surface area contributed by atoms with E-state index in [0.29, 0.717) is 5.92 Å². The van der Waals surface area contributed by atoms with Crippen molar-refractivity contribution in [3.63, 3.8) is 0 Å². The zero-order chi connectivity index (χ0) is 12.7. The summed E-state index contributed by atoms with van der Waals surface area (Å²) in [6, 6.07) is 6.36. The van der Waals surface area contributed by atoms with Gasteiger partial charge in [0.1, 0.15) is 16.8 Å². The predicted octanol–water partition coefficient (Wildman–Crippen LogP) is 3.91. The summed E-state index contributed by atoms with van der Waals surface area (Å²) >= 11 is 1.75. The van der Waals surface area contributed by atoms with Crippen LogP contribution in [0.15, 0.2) is 30.7 Å².